The summed E-state index contributed by atoms with van der Waals surface area (Å²) in [5, 5.41) is 2.62. The molecule has 0 unspecified atom stereocenters. The van der Waals surface area contributed by atoms with Gasteiger partial charge in [0.2, 0.25) is 18.6 Å². The highest BCUT2D eigenvalue weighted by Crippen LogP contribution is 2.32. The van der Waals surface area contributed by atoms with Crippen LogP contribution < -0.4 is 19.5 Å². The van der Waals surface area contributed by atoms with E-state index in [0.29, 0.717) is 17.2 Å². The maximum Gasteiger partial charge on any atom is 0.264 e. The van der Waals surface area contributed by atoms with Crippen LogP contribution >= 0.6 is 0 Å². The third kappa shape index (κ3) is 4.64. The number of rotatable bonds is 5. The van der Waals surface area contributed by atoms with E-state index in [1.165, 1.54) is 30.3 Å². The molecule has 2 aromatic rings. The quantitative estimate of drug-likeness (QED) is 0.757. The summed E-state index contributed by atoms with van der Waals surface area (Å²) in [6, 6.07) is 10.8. The number of nitrogens with one attached hydrogen (secondary N) is 2. The summed E-state index contributed by atoms with van der Waals surface area (Å²) in [5.41, 5.74) is 1.18. The zero-order chi connectivity index (χ0) is 19.4. The molecule has 140 valence electrons. The van der Waals surface area contributed by atoms with Gasteiger partial charge in [0.15, 0.2) is 11.5 Å². The van der Waals surface area contributed by atoms with Gasteiger partial charge in [-0.05, 0) is 48.0 Å². The molecule has 3 rings (SSSR count). The van der Waals surface area contributed by atoms with Crippen LogP contribution in [0.4, 0.5) is 5.69 Å². The van der Waals surface area contributed by atoms with E-state index in [-0.39, 0.29) is 17.6 Å². The van der Waals surface area contributed by atoms with Gasteiger partial charge in [0.1, 0.15) is 0 Å². The average Bonchev–Trinajstić information content (AvgIpc) is 3.07. The predicted molar refractivity (Wildman–Crippen MR) is 97.7 cm³/mol. The summed E-state index contributed by atoms with van der Waals surface area (Å²) >= 11 is 0. The summed E-state index contributed by atoms with van der Waals surface area (Å²) < 4.78 is 36.1. The van der Waals surface area contributed by atoms with Crippen LogP contribution in [0.3, 0.4) is 0 Å². The number of hydrogen-bond donors (Lipinski definition) is 2. The number of benzene rings is 2. The molecule has 0 spiro atoms. The monoisotopic (exact) mass is 388 g/mol. The van der Waals surface area contributed by atoms with Crippen LogP contribution in [-0.4, -0.2) is 27.0 Å². The van der Waals surface area contributed by atoms with E-state index in [1.54, 1.807) is 24.3 Å². The van der Waals surface area contributed by atoms with Gasteiger partial charge in [-0.2, -0.15) is 0 Å². The Morgan fingerprint density at radius 2 is 1.74 bits per heavy atom. The van der Waals surface area contributed by atoms with Gasteiger partial charge in [0, 0.05) is 18.7 Å². The van der Waals surface area contributed by atoms with Gasteiger partial charge in [-0.15, -0.1) is 0 Å². The molecular formula is C18H16N2O6S. The predicted octanol–water partition coefficient (Wildman–Crippen LogP) is 1.89. The fourth-order valence-electron chi connectivity index (χ4n) is 2.34. The first-order valence-corrected chi connectivity index (χ1v) is 9.34. The van der Waals surface area contributed by atoms with Gasteiger partial charge in [-0.3, -0.25) is 9.59 Å². The zero-order valence-corrected chi connectivity index (χ0v) is 15.1. The van der Waals surface area contributed by atoms with Crippen LogP contribution in [0.5, 0.6) is 11.5 Å². The Hall–Kier alpha value is -3.33. The number of carbonyl (C=O) groups is 2. The summed E-state index contributed by atoms with van der Waals surface area (Å²) in [5.74, 6) is 0.214. The van der Waals surface area contributed by atoms with Crippen molar-refractivity contribution in [2.45, 2.75) is 11.8 Å². The molecular weight excluding hydrogens is 372 g/mol. The maximum absolute atomic E-state index is 12.0. The molecule has 0 aliphatic carbocycles. The molecule has 9 heteroatoms. The van der Waals surface area contributed by atoms with Gasteiger partial charge >= 0.3 is 0 Å². The fourth-order valence-corrected chi connectivity index (χ4v) is 3.33. The molecule has 0 fully saturated rings. The summed E-state index contributed by atoms with van der Waals surface area (Å²) in [4.78, 5) is 22.9. The van der Waals surface area contributed by atoms with Crippen molar-refractivity contribution in [2.75, 3.05) is 12.1 Å². The second-order valence-corrected chi connectivity index (χ2v) is 7.30. The largest absolute Gasteiger partial charge is 0.454 e. The molecule has 0 saturated carbocycles. The van der Waals surface area contributed by atoms with Crippen molar-refractivity contribution in [3.8, 4) is 11.5 Å². The van der Waals surface area contributed by atoms with Crippen LogP contribution in [0, 0.1) is 0 Å². The second kappa shape index (κ2) is 7.50. The van der Waals surface area contributed by atoms with Crippen molar-refractivity contribution in [2.24, 2.45) is 0 Å². The van der Waals surface area contributed by atoms with Crippen LogP contribution in [0.1, 0.15) is 12.5 Å². The minimum Gasteiger partial charge on any atom is -0.454 e. The standard InChI is InChI=1S/C18H16N2O6S/c1-12(21)20-27(23,24)15-6-4-14(5-7-15)19-18(22)9-3-13-2-8-16-17(10-13)26-11-25-16/h2-10H,11H2,1H3,(H,19,22)(H,20,21)/b9-3-. The molecule has 0 radical (unpaired) electrons. The maximum atomic E-state index is 12.0. The van der Waals surface area contributed by atoms with Gasteiger partial charge in [0.25, 0.3) is 10.0 Å². The molecule has 2 aromatic carbocycles. The topological polar surface area (TPSA) is 111 Å². The minimum absolute atomic E-state index is 0.0772. The summed E-state index contributed by atoms with van der Waals surface area (Å²) in [6.07, 6.45) is 2.96. The van der Waals surface area contributed by atoms with Crippen molar-refractivity contribution in [1.82, 2.24) is 4.72 Å². The molecule has 27 heavy (non-hydrogen) atoms. The van der Waals surface area contributed by atoms with Crippen LogP contribution in [-0.2, 0) is 19.6 Å². The molecule has 0 aromatic heterocycles. The molecule has 0 atom stereocenters. The molecule has 2 N–H and O–H groups in total. The highest BCUT2D eigenvalue weighted by Gasteiger charge is 2.15. The molecule has 1 aliphatic rings. The third-order valence-electron chi connectivity index (χ3n) is 3.53. The Kier molecular flexibility index (Phi) is 5.13. The molecule has 0 bridgehead atoms. The number of sulfonamides is 1. The second-order valence-electron chi connectivity index (χ2n) is 5.62. The van der Waals surface area contributed by atoms with Crippen molar-refractivity contribution in [3.63, 3.8) is 0 Å². The molecule has 8 nitrogen and oxygen atoms in total. The number of ether oxygens (including phenoxy) is 2. The lowest BCUT2D eigenvalue weighted by Crippen LogP contribution is -2.28. The number of fused-ring (bicyclic) bond motifs is 1. The first kappa shape index (κ1) is 18.5. The fraction of sp³-hybridized carbons (Fsp3) is 0.111. The van der Waals surface area contributed by atoms with E-state index < -0.39 is 15.9 Å². The molecule has 2 amide bonds. The summed E-state index contributed by atoms with van der Waals surface area (Å²) in [7, 11) is -3.90. The van der Waals surface area contributed by atoms with Crippen LogP contribution in [0.2, 0.25) is 0 Å². The van der Waals surface area contributed by atoms with E-state index in [0.717, 1.165) is 12.5 Å². The smallest absolute Gasteiger partial charge is 0.264 e. The Morgan fingerprint density at radius 1 is 1.04 bits per heavy atom. The lowest BCUT2D eigenvalue weighted by Gasteiger charge is -2.06. The number of amides is 2. The first-order valence-electron chi connectivity index (χ1n) is 7.86. The SMILES string of the molecule is CC(=O)NS(=O)(=O)c1ccc(NC(=O)/C=C\c2ccc3c(c2)OCO3)cc1. The van der Waals surface area contributed by atoms with E-state index in [4.69, 9.17) is 9.47 Å². The number of hydrogen-bond acceptors (Lipinski definition) is 6. The normalized spacial score (nSPS) is 12.8. The lowest BCUT2D eigenvalue weighted by molar-refractivity contribution is -0.117. The molecule has 1 aliphatic heterocycles. The van der Waals surface area contributed by atoms with Crippen LogP contribution in [0.25, 0.3) is 6.08 Å². The first-order chi connectivity index (χ1) is 12.8. The van der Waals surface area contributed by atoms with E-state index >= 15 is 0 Å². The van der Waals surface area contributed by atoms with Gasteiger partial charge in [0.05, 0.1) is 4.90 Å². The highest BCUT2D eigenvalue weighted by molar-refractivity contribution is 7.90. The van der Waals surface area contributed by atoms with Gasteiger partial charge in [-0.25, -0.2) is 13.1 Å². The van der Waals surface area contributed by atoms with Gasteiger partial charge in [-0.1, -0.05) is 6.07 Å². The van der Waals surface area contributed by atoms with Crippen molar-refractivity contribution in [3.05, 3.63) is 54.1 Å². The van der Waals surface area contributed by atoms with E-state index in [1.807, 2.05) is 4.72 Å². The highest BCUT2D eigenvalue weighted by atomic mass is 32.2. The Bertz CT molecular complexity index is 1010. The Balaban J connectivity index is 1.63. The molecule has 0 saturated heterocycles. The van der Waals surface area contributed by atoms with Gasteiger partial charge < -0.3 is 14.8 Å². The molecule has 1 heterocycles. The Labute approximate surface area is 155 Å². The van der Waals surface area contributed by atoms with E-state index in [9.17, 15) is 18.0 Å². The third-order valence-corrected chi connectivity index (χ3v) is 4.98. The number of anilines is 1. The number of carbonyl (C=O) groups excluding carboxylic acids is 2. The summed E-state index contributed by atoms with van der Waals surface area (Å²) in [6.45, 7) is 1.29. The lowest BCUT2D eigenvalue weighted by atomic mass is 10.2. The average molecular weight is 388 g/mol. The minimum atomic E-state index is -3.90. The van der Waals surface area contributed by atoms with Crippen molar-refractivity contribution < 1.29 is 27.5 Å². The van der Waals surface area contributed by atoms with Crippen molar-refractivity contribution in [1.29, 1.82) is 0 Å². The van der Waals surface area contributed by atoms with E-state index in [2.05, 4.69) is 5.32 Å². The zero-order valence-electron chi connectivity index (χ0n) is 14.3. The Morgan fingerprint density at radius 3 is 2.44 bits per heavy atom. The van der Waals surface area contributed by atoms with Crippen LogP contribution in [0.15, 0.2) is 53.4 Å². The van der Waals surface area contributed by atoms with Crippen molar-refractivity contribution >= 4 is 33.6 Å².